The average molecular weight is 215 g/mol. The number of ether oxygens (including phenoxy) is 1. The van der Waals surface area contributed by atoms with Gasteiger partial charge in [-0.2, -0.15) is 0 Å². The smallest absolute Gasteiger partial charge is 0.227 e. The molecular formula is C10H21N3O2. The lowest BCUT2D eigenvalue weighted by Gasteiger charge is -2.21. The molecule has 0 aromatic carbocycles. The predicted octanol–water partition coefficient (Wildman–Crippen LogP) is -0.974. The molecule has 0 aliphatic carbocycles. The van der Waals surface area contributed by atoms with E-state index in [2.05, 4.69) is 17.1 Å². The quantitative estimate of drug-likeness (QED) is 0.633. The maximum atomic E-state index is 11.7. The molecule has 3 atom stereocenters. The highest BCUT2D eigenvalue weighted by Gasteiger charge is 2.31. The van der Waals surface area contributed by atoms with Gasteiger partial charge in [0.15, 0.2) is 0 Å². The summed E-state index contributed by atoms with van der Waals surface area (Å²) < 4.78 is 5.15. The molecule has 0 radical (unpaired) electrons. The van der Waals surface area contributed by atoms with E-state index in [0.29, 0.717) is 25.8 Å². The van der Waals surface area contributed by atoms with Gasteiger partial charge in [0.2, 0.25) is 5.91 Å². The number of carbonyl (C=O) groups excluding carboxylic acids is 1. The third-order valence-electron chi connectivity index (χ3n) is 2.91. The van der Waals surface area contributed by atoms with Crippen molar-refractivity contribution in [3.63, 3.8) is 0 Å². The first-order valence-electron chi connectivity index (χ1n) is 5.30. The highest BCUT2D eigenvalue weighted by molar-refractivity contribution is 5.79. The monoisotopic (exact) mass is 215 g/mol. The Bertz CT molecular complexity index is 221. The first kappa shape index (κ1) is 12.4. The molecule has 1 aliphatic rings. The number of amides is 1. The molecule has 15 heavy (non-hydrogen) atoms. The van der Waals surface area contributed by atoms with Gasteiger partial charge >= 0.3 is 0 Å². The van der Waals surface area contributed by atoms with E-state index in [4.69, 9.17) is 10.5 Å². The summed E-state index contributed by atoms with van der Waals surface area (Å²) in [6.45, 7) is 3.64. The van der Waals surface area contributed by atoms with Crippen molar-refractivity contribution in [1.82, 2.24) is 10.2 Å². The third kappa shape index (κ3) is 3.44. The second kappa shape index (κ2) is 5.44. The van der Waals surface area contributed by atoms with Crippen LogP contribution in [0.5, 0.6) is 0 Å². The molecule has 3 unspecified atom stereocenters. The highest BCUT2D eigenvalue weighted by atomic mass is 16.5. The van der Waals surface area contributed by atoms with Crippen LogP contribution < -0.4 is 11.1 Å². The topological polar surface area (TPSA) is 67.6 Å². The second-order valence-electron chi connectivity index (χ2n) is 4.37. The molecule has 5 nitrogen and oxygen atoms in total. The summed E-state index contributed by atoms with van der Waals surface area (Å²) in [4.78, 5) is 13.8. The van der Waals surface area contributed by atoms with E-state index in [1.807, 2.05) is 14.1 Å². The fourth-order valence-electron chi connectivity index (χ4n) is 1.40. The van der Waals surface area contributed by atoms with Crippen LogP contribution >= 0.6 is 0 Å². The van der Waals surface area contributed by atoms with E-state index in [1.54, 1.807) is 0 Å². The molecule has 0 saturated carbocycles. The molecule has 88 valence electrons. The predicted molar refractivity (Wildman–Crippen MR) is 58.4 cm³/mol. The minimum atomic E-state index is -0.181. The van der Waals surface area contributed by atoms with Crippen molar-refractivity contribution in [2.45, 2.75) is 19.0 Å². The molecule has 3 N–H and O–H groups in total. The summed E-state index contributed by atoms with van der Waals surface area (Å²) in [7, 11) is 3.97. The number of hydrogen-bond donors (Lipinski definition) is 2. The van der Waals surface area contributed by atoms with E-state index in [9.17, 15) is 4.79 Å². The van der Waals surface area contributed by atoms with Crippen molar-refractivity contribution in [3.8, 4) is 0 Å². The van der Waals surface area contributed by atoms with Gasteiger partial charge in [-0.25, -0.2) is 0 Å². The SMILES string of the molecule is CC(CNC(=O)C1COCC1N)N(C)C. The summed E-state index contributed by atoms with van der Waals surface area (Å²) in [5.74, 6) is -0.173. The molecule has 0 aromatic heterocycles. The molecule has 1 rings (SSSR count). The van der Waals surface area contributed by atoms with Crippen LogP contribution in [0.3, 0.4) is 0 Å². The van der Waals surface area contributed by atoms with Crippen LogP contribution in [0.2, 0.25) is 0 Å². The number of likely N-dealkylation sites (N-methyl/N-ethyl adjacent to an activating group) is 1. The van der Waals surface area contributed by atoms with Gasteiger partial charge in [0.25, 0.3) is 0 Å². The fraction of sp³-hybridized carbons (Fsp3) is 0.900. The molecule has 5 heteroatoms. The lowest BCUT2D eigenvalue weighted by molar-refractivity contribution is -0.125. The van der Waals surface area contributed by atoms with Crippen molar-refractivity contribution < 1.29 is 9.53 Å². The summed E-state index contributed by atoms with van der Waals surface area (Å²) in [6.07, 6.45) is 0. The van der Waals surface area contributed by atoms with Crippen LogP contribution in [0, 0.1) is 5.92 Å². The van der Waals surface area contributed by atoms with Gasteiger partial charge in [0.1, 0.15) is 0 Å². The first-order chi connectivity index (χ1) is 7.02. The molecule has 1 heterocycles. The summed E-state index contributed by atoms with van der Waals surface area (Å²) in [5.41, 5.74) is 5.75. The molecule has 0 spiro atoms. The molecule has 0 bridgehead atoms. The van der Waals surface area contributed by atoms with Gasteiger partial charge in [-0.1, -0.05) is 0 Å². The molecule has 1 fully saturated rings. The van der Waals surface area contributed by atoms with Gasteiger partial charge in [-0.05, 0) is 21.0 Å². The lowest BCUT2D eigenvalue weighted by atomic mass is 10.0. The number of rotatable bonds is 4. The molecule has 0 aromatic rings. The van der Waals surface area contributed by atoms with Gasteiger partial charge in [-0.15, -0.1) is 0 Å². The largest absolute Gasteiger partial charge is 0.379 e. The Morgan fingerprint density at radius 3 is 2.73 bits per heavy atom. The van der Waals surface area contributed by atoms with Crippen molar-refractivity contribution in [1.29, 1.82) is 0 Å². The Labute approximate surface area is 90.9 Å². The molecule has 1 amide bonds. The molecular weight excluding hydrogens is 194 g/mol. The van der Waals surface area contributed by atoms with Crippen LogP contribution in [0.1, 0.15) is 6.92 Å². The number of nitrogens with two attached hydrogens (primary N) is 1. The van der Waals surface area contributed by atoms with Crippen molar-refractivity contribution in [2.75, 3.05) is 33.9 Å². The minimum absolute atomic E-state index is 0.00806. The van der Waals surface area contributed by atoms with Gasteiger partial charge in [0, 0.05) is 18.6 Å². The van der Waals surface area contributed by atoms with E-state index in [1.165, 1.54) is 0 Å². The summed E-state index contributed by atoms with van der Waals surface area (Å²) in [6, 6.07) is 0.173. The van der Waals surface area contributed by atoms with Gasteiger partial charge in [-0.3, -0.25) is 4.79 Å². The zero-order valence-corrected chi connectivity index (χ0v) is 9.69. The standard InChI is InChI=1S/C10H21N3O2/c1-7(13(2)3)4-12-10(14)8-5-15-6-9(8)11/h7-9H,4-6,11H2,1-3H3,(H,12,14). The fourth-order valence-corrected chi connectivity index (χ4v) is 1.40. The second-order valence-corrected chi connectivity index (χ2v) is 4.37. The summed E-state index contributed by atoms with van der Waals surface area (Å²) in [5, 5.41) is 2.90. The van der Waals surface area contributed by atoms with Crippen molar-refractivity contribution in [3.05, 3.63) is 0 Å². The first-order valence-corrected chi connectivity index (χ1v) is 5.30. The van der Waals surface area contributed by atoms with Crippen molar-refractivity contribution >= 4 is 5.91 Å². The zero-order valence-electron chi connectivity index (χ0n) is 9.69. The van der Waals surface area contributed by atoms with Crippen molar-refractivity contribution in [2.24, 2.45) is 11.7 Å². The average Bonchev–Trinajstić information content (AvgIpc) is 2.60. The van der Waals surface area contributed by atoms with Gasteiger partial charge < -0.3 is 20.7 Å². The Morgan fingerprint density at radius 1 is 1.60 bits per heavy atom. The van der Waals surface area contributed by atoms with E-state index >= 15 is 0 Å². The van der Waals surface area contributed by atoms with E-state index in [-0.39, 0.29) is 17.9 Å². The normalized spacial score (nSPS) is 28.1. The number of carbonyl (C=O) groups is 1. The minimum Gasteiger partial charge on any atom is -0.379 e. The summed E-state index contributed by atoms with van der Waals surface area (Å²) >= 11 is 0. The number of hydrogen-bond acceptors (Lipinski definition) is 4. The maximum absolute atomic E-state index is 11.7. The van der Waals surface area contributed by atoms with E-state index < -0.39 is 0 Å². The zero-order chi connectivity index (χ0) is 11.4. The van der Waals surface area contributed by atoms with Crippen LogP contribution in [0.25, 0.3) is 0 Å². The Morgan fingerprint density at radius 2 is 2.27 bits per heavy atom. The Hall–Kier alpha value is -0.650. The number of nitrogens with one attached hydrogen (secondary N) is 1. The van der Waals surface area contributed by atoms with Crippen LogP contribution in [-0.4, -0.2) is 56.7 Å². The van der Waals surface area contributed by atoms with E-state index in [0.717, 1.165) is 0 Å². The highest BCUT2D eigenvalue weighted by Crippen LogP contribution is 2.11. The Balaban J connectivity index is 2.29. The molecule has 1 aliphatic heterocycles. The van der Waals surface area contributed by atoms with Crippen LogP contribution in [-0.2, 0) is 9.53 Å². The lowest BCUT2D eigenvalue weighted by Crippen LogP contribution is -2.45. The van der Waals surface area contributed by atoms with Crippen LogP contribution in [0.15, 0.2) is 0 Å². The Kier molecular flexibility index (Phi) is 4.50. The number of nitrogens with zero attached hydrogens (tertiary/aromatic N) is 1. The van der Waals surface area contributed by atoms with Crippen LogP contribution in [0.4, 0.5) is 0 Å². The third-order valence-corrected chi connectivity index (χ3v) is 2.91. The van der Waals surface area contributed by atoms with Gasteiger partial charge in [0.05, 0.1) is 19.1 Å². The maximum Gasteiger partial charge on any atom is 0.227 e. The molecule has 1 saturated heterocycles.